The molecule has 3 heteroatoms. The summed E-state index contributed by atoms with van der Waals surface area (Å²) < 4.78 is 0. The zero-order valence-electron chi connectivity index (χ0n) is 11.8. The molecule has 2 rings (SSSR count). The van der Waals surface area contributed by atoms with E-state index < -0.39 is 0 Å². The second-order valence-electron chi connectivity index (χ2n) is 6.13. The molecule has 2 heterocycles. The topological polar surface area (TPSA) is 18.5 Å². The number of hydrogen-bond donors (Lipinski definition) is 1. The molecule has 17 heavy (non-hydrogen) atoms. The van der Waals surface area contributed by atoms with E-state index >= 15 is 0 Å². The third-order valence-corrected chi connectivity index (χ3v) is 4.48. The van der Waals surface area contributed by atoms with Crippen LogP contribution in [0, 0.1) is 5.92 Å². The van der Waals surface area contributed by atoms with Crippen LogP contribution >= 0.6 is 0 Å². The van der Waals surface area contributed by atoms with Crippen LogP contribution < -0.4 is 5.32 Å². The molecule has 2 fully saturated rings. The average Bonchev–Trinajstić information content (AvgIpc) is 2.78. The Morgan fingerprint density at radius 2 is 2.00 bits per heavy atom. The molecule has 0 aromatic carbocycles. The number of likely N-dealkylation sites (tertiary alicyclic amines) is 2. The normalized spacial score (nSPS) is 32.5. The van der Waals surface area contributed by atoms with Gasteiger partial charge in [0, 0.05) is 31.7 Å². The molecule has 0 bridgehead atoms. The zero-order chi connectivity index (χ0) is 12.3. The van der Waals surface area contributed by atoms with Crippen molar-refractivity contribution < 1.29 is 0 Å². The van der Waals surface area contributed by atoms with Crippen molar-refractivity contribution in [1.29, 1.82) is 0 Å². The van der Waals surface area contributed by atoms with Gasteiger partial charge in [-0.3, -0.25) is 0 Å². The summed E-state index contributed by atoms with van der Waals surface area (Å²) in [6, 6.07) is 1.46. The second-order valence-corrected chi connectivity index (χ2v) is 6.13. The van der Waals surface area contributed by atoms with E-state index in [1.807, 2.05) is 0 Å². The molecule has 0 aromatic rings. The number of likely N-dealkylation sites (N-methyl/N-ethyl adjacent to an activating group) is 1. The monoisotopic (exact) mass is 239 g/mol. The van der Waals surface area contributed by atoms with Crippen molar-refractivity contribution in [3.8, 4) is 0 Å². The molecule has 0 saturated carbocycles. The molecule has 100 valence electrons. The summed E-state index contributed by atoms with van der Waals surface area (Å²) in [6.07, 6.45) is 4.13. The van der Waals surface area contributed by atoms with Crippen LogP contribution in [-0.4, -0.2) is 61.7 Å². The van der Waals surface area contributed by atoms with Crippen LogP contribution in [0.15, 0.2) is 0 Å². The summed E-state index contributed by atoms with van der Waals surface area (Å²) in [4.78, 5) is 5.31. The lowest BCUT2D eigenvalue weighted by atomic mass is 10.0. The summed E-state index contributed by atoms with van der Waals surface area (Å²) in [5.74, 6) is 0.910. The van der Waals surface area contributed by atoms with Crippen molar-refractivity contribution in [1.82, 2.24) is 15.1 Å². The molecule has 2 aliphatic heterocycles. The summed E-state index contributed by atoms with van der Waals surface area (Å²) >= 11 is 0. The standard InChI is InChI=1S/C14H29N3/c1-12(2)17-8-6-13(10-17)9-16-7-4-5-14(11-16)15-3/h12-15H,4-11H2,1-3H3. The molecule has 0 aliphatic carbocycles. The van der Waals surface area contributed by atoms with Crippen molar-refractivity contribution in [2.45, 2.75) is 45.2 Å². The van der Waals surface area contributed by atoms with Gasteiger partial charge in [-0.05, 0) is 59.2 Å². The minimum absolute atomic E-state index is 0.728. The van der Waals surface area contributed by atoms with Crippen LogP contribution in [-0.2, 0) is 0 Å². The lowest BCUT2D eigenvalue weighted by Gasteiger charge is -2.34. The van der Waals surface area contributed by atoms with Gasteiger partial charge in [-0.25, -0.2) is 0 Å². The molecule has 1 N–H and O–H groups in total. The Bertz CT molecular complexity index is 230. The highest BCUT2D eigenvalue weighted by atomic mass is 15.2. The van der Waals surface area contributed by atoms with E-state index in [9.17, 15) is 0 Å². The lowest BCUT2D eigenvalue weighted by molar-refractivity contribution is 0.165. The van der Waals surface area contributed by atoms with Gasteiger partial charge in [0.2, 0.25) is 0 Å². The van der Waals surface area contributed by atoms with E-state index in [1.54, 1.807) is 0 Å². The highest BCUT2D eigenvalue weighted by Gasteiger charge is 2.27. The van der Waals surface area contributed by atoms with E-state index in [0.29, 0.717) is 0 Å². The summed E-state index contributed by atoms with van der Waals surface area (Å²) in [5.41, 5.74) is 0. The van der Waals surface area contributed by atoms with E-state index in [4.69, 9.17) is 0 Å². The van der Waals surface area contributed by atoms with Crippen molar-refractivity contribution in [3.63, 3.8) is 0 Å². The summed E-state index contributed by atoms with van der Waals surface area (Å²) in [6.45, 7) is 11.2. The fourth-order valence-corrected chi connectivity index (χ4v) is 3.30. The first-order chi connectivity index (χ1) is 8.19. The predicted octanol–water partition coefficient (Wildman–Crippen LogP) is 1.40. The molecular weight excluding hydrogens is 210 g/mol. The van der Waals surface area contributed by atoms with E-state index in [0.717, 1.165) is 18.0 Å². The quantitative estimate of drug-likeness (QED) is 0.800. The van der Waals surface area contributed by atoms with Gasteiger partial charge in [0.1, 0.15) is 0 Å². The Morgan fingerprint density at radius 1 is 1.18 bits per heavy atom. The van der Waals surface area contributed by atoms with E-state index in [-0.39, 0.29) is 0 Å². The number of piperidine rings is 1. The van der Waals surface area contributed by atoms with Crippen LogP contribution in [0.5, 0.6) is 0 Å². The van der Waals surface area contributed by atoms with E-state index in [2.05, 4.69) is 36.0 Å². The fraction of sp³-hybridized carbons (Fsp3) is 1.00. The number of rotatable bonds is 4. The van der Waals surface area contributed by atoms with Gasteiger partial charge in [0.25, 0.3) is 0 Å². The van der Waals surface area contributed by atoms with Gasteiger partial charge >= 0.3 is 0 Å². The first-order valence-corrected chi connectivity index (χ1v) is 7.32. The summed E-state index contributed by atoms with van der Waals surface area (Å²) in [7, 11) is 2.10. The van der Waals surface area contributed by atoms with Gasteiger partial charge in [-0.1, -0.05) is 0 Å². The van der Waals surface area contributed by atoms with Crippen LogP contribution in [0.4, 0.5) is 0 Å². The highest BCUT2D eigenvalue weighted by molar-refractivity contribution is 4.83. The third kappa shape index (κ3) is 3.67. The van der Waals surface area contributed by atoms with Crippen molar-refractivity contribution in [2.75, 3.05) is 39.8 Å². The number of nitrogens with zero attached hydrogens (tertiary/aromatic N) is 2. The fourth-order valence-electron chi connectivity index (χ4n) is 3.30. The van der Waals surface area contributed by atoms with Crippen molar-refractivity contribution >= 4 is 0 Å². The molecule has 0 amide bonds. The smallest absolute Gasteiger partial charge is 0.0192 e. The van der Waals surface area contributed by atoms with Gasteiger partial charge < -0.3 is 15.1 Å². The van der Waals surface area contributed by atoms with Gasteiger partial charge in [0.15, 0.2) is 0 Å². The largest absolute Gasteiger partial charge is 0.316 e. The number of hydrogen-bond acceptors (Lipinski definition) is 3. The van der Waals surface area contributed by atoms with Crippen LogP contribution in [0.25, 0.3) is 0 Å². The molecule has 2 saturated heterocycles. The van der Waals surface area contributed by atoms with Crippen molar-refractivity contribution in [2.24, 2.45) is 5.92 Å². The Kier molecular flexibility index (Phi) is 4.83. The first kappa shape index (κ1) is 13.3. The molecule has 0 aromatic heterocycles. The zero-order valence-corrected chi connectivity index (χ0v) is 11.8. The SMILES string of the molecule is CNC1CCCN(CC2CCN(C(C)C)C2)C1. The third-order valence-electron chi connectivity index (χ3n) is 4.48. The minimum atomic E-state index is 0.728. The average molecular weight is 239 g/mol. The lowest BCUT2D eigenvalue weighted by Crippen LogP contribution is -2.46. The van der Waals surface area contributed by atoms with Gasteiger partial charge in [-0.2, -0.15) is 0 Å². The van der Waals surface area contributed by atoms with Crippen molar-refractivity contribution in [3.05, 3.63) is 0 Å². The number of nitrogens with one attached hydrogen (secondary N) is 1. The molecule has 2 unspecified atom stereocenters. The first-order valence-electron chi connectivity index (χ1n) is 7.32. The maximum atomic E-state index is 3.43. The van der Waals surface area contributed by atoms with Gasteiger partial charge in [-0.15, -0.1) is 0 Å². The highest BCUT2D eigenvalue weighted by Crippen LogP contribution is 2.21. The summed E-state index contributed by atoms with van der Waals surface area (Å²) in [5, 5.41) is 3.43. The van der Waals surface area contributed by atoms with Crippen LogP contribution in [0.3, 0.4) is 0 Å². The Morgan fingerprint density at radius 3 is 2.65 bits per heavy atom. The minimum Gasteiger partial charge on any atom is -0.316 e. The van der Waals surface area contributed by atoms with Gasteiger partial charge in [0.05, 0.1) is 0 Å². The molecule has 0 spiro atoms. The van der Waals surface area contributed by atoms with Crippen LogP contribution in [0.1, 0.15) is 33.1 Å². The molecular formula is C14H29N3. The maximum absolute atomic E-state index is 3.43. The predicted molar refractivity (Wildman–Crippen MR) is 73.3 cm³/mol. The molecule has 3 nitrogen and oxygen atoms in total. The Balaban J connectivity index is 1.74. The molecule has 2 aliphatic rings. The second kappa shape index (κ2) is 6.17. The van der Waals surface area contributed by atoms with E-state index in [1.165, 1.54) is 52.0 Å². The molecule has 2 atom stereocenters. The van der Waals surface area contributed by atoms with Crippen LogP contribution in [0.2, 0.25) is 0 Å². The Hall–Kier alpha value is -0.120. The Labute approximate surface area is 107 Å². The maximum Gasteiger partial charge on any atom is 0.0192 e. The molecule has 0 radical (unpaired) electrons.